The average molecular weight is 360 g/mol. The second kappa shape index (κ2) is 6.83. The molecule has 26 heavy (non-hydrogen) atoms. The normalized spacial score (nSPS) is 15.3. The molecule has 1 aromatic carbocycles. The van der Waals surface area contributed by atoms with Gasteiger partial charge in [0, 0.05) is 32.1 Å². The predicted molar refractivity (Wildman–Crippen MR) is 89.5 cm³/mol. The maximum atomic E-state index is 13.0. The van der Waals surface area contributed by atoms with E-state index in [-0.39, 0.29) is 12.7 Å². The highest BCUT2D eigenvalue weighted by Crippen LogP contribution is 2.38. The Bertz CT molecular complexity index is 835. The van der Waals surface area contributed by atoms with Crippen molar-refractivity contribution in [1.82, 2.24) is 19.7 Å². The molecule has 0 bridgehead atoms. The van der Waals surface area contributed by atoms with Crippen molar-refractivity contribution in [3.8, 4) is 17.2 Å². The molecule has 0 saturated carbocycles. The second-order valence-electron chi connectivity index (χ2n) is 6.11. The molecule has 4 rings (SSSR count). The number of nitrogens with zero attached hydrogens (tertiary/aromatic N) is 4. The van der Waals surface area contributed by atoms with E-state index in [2.05, 4.69) is 10.2 Å². The van der Waals surface area contributed by atoms with Crippen molar-refractivity contribution < 1.29 is 23.7 Å². The molecule has 0 N–H and O–H groups in total. The van der Waals surface area contributed by atoms with E-state index < -0.39 is 0 Å². The third-order valence-corrected chi connectivity index (χ3v) is 4.48. The predicted octanol–water partition coefficient (Wildman–Crippen LogP) is 0.860. The van der Waals surface area contributed by atoms with E-state index in [4.69, 9.17) is 18.9 Å². The maximum Gasteiger partial charge on any atom is 0.257 e. The molecule has 0 unspecified atom stereocenters. The van der Waals surface area contributed by atoms with E-state index in [0.29, 0.717) is 49.1 Å². The number of amides is 1. The zero-order valence-corrected chi connectivity index (χ0v) is 14.7. The molecule has 1 amide bonds. The van der Waals surface area contributed by atoms with Gasteiger partial charge < -0.3 is 28.4 Å². The van der Waals surface area contributed by atoms with Crippen molar-refractivity contribution in [2.45, 2.75) is 19.5 Å². The SMILES string of the molecule is COc1cc2c(cc1C(=O)N(C)Cc1nnc3n1CCOCC3)OCO2. The molecule has 2 aromatic rings. The number of ether oxygens (including phenoxy) is 4. The summed E-state index contributed by atoms with van der Waals surface area (Å²) in [4.78, 5) is 14.5. The minimum Gasteiger partial charge on any atom is -0.496 e. The lowest BCUT2D eigenvalue weighted by Gasteiger charge is -2.19. The average Bonchev–Trinajstić information content (AvgIpc) is 3.19. The monoisotopic (exact) mass is 360 g/mol. The van der Waals surface area contributed by atoms with Gasteiger partial charge in [0.1, 0.15) is 11.6 Å². The molecule has 0 spiro atoms. The van der Waals surface area contributed by atoms with Crippen molar-refractivity contribution in [1.29, 1.82) is 0 Å². The minimum absolute atomic E-state index is 0.139. The fraction of sp³-hybridized carbons (Fsp3) is 0.471. The number of rotatable bonds is 4. The third-order valence-electron chi connectivity index (χ3n) is 4.48. The van der Waals surface area contributed by atoms with Gasteiger partial charge in [-0.3, -0.25) is 4.79 Å². The summed E-state index contributed by atoms with van der Waals surface area (Å²) in [5.74, 6) is 2.99. The lowest BCUT2D eigenvalue weighted by molar-refractivity contribution is 0.0775. The molecule has 0 fully saturated rings. The molecule has 9 nitrogen and oxygen atoms in total. The molecule has 0 aliphatic carbocycles. The fourth-order valence-corrected chi connectivity index (χ4v) is 3.10. The number of aromatic nitrogens is 3. The van der Waals surface area contributed by atoms with Gasteiger partial charge in [0.2, 0.25) is 6.79 Å². The Morgan fingerprint density at radius 3 is 2.88 bits per heavy atom. The quantitative estimate of drug-likeness (QED) is 0.799. The molecule has 138 valence electrons. The first-order valence-electron chi connectivity index (χ1n) is 8.39. The highest BCUT2D eigenvalue weighted by molar-refractivity contribution is 5.97. The van der Waals surface area contributed by atoms with Gasteiger partial charge in [0.05, 0.1) is 32.4 Å². The van der Waals surface area contributed by atoms with Crippen LogP contribution in [0, 0.1) is 0 Å². The topological polar surface area (TPSA) is 87.9 Å². The number of fused-ring (bicyclic) bond motifs is 2. The van der Waals surface area contributed by atoms with Gasteiger partial charge in [-0.05, 0) is 0 Å². The van der Waals surface area contributed by atoms with Crippen LogP contribution in [0.5, 0.6) is 17.2 Å². The van der Waals surface area contributed by atoms with E-state index in [1.54, 1.807) is 24.1 Å². The lowest BCUT2D eigenvalue weighted by atomic mass is 10.1. The molecule has 2 aliphatic rings. The minimum atomic E-state index is -0.192. The zero-order valence-electron chi connectivity index (χ0n) is 14.7. The van der Waals surface area contributed by atoms with E-state index in [1.165, 1.54) is 7.11 Å². The molecular formula is C17H20N4O5. The van der Waals surface area contributed by atoms with Gasteiger partial charge in [0.15, 0.2) is 17.3 Å². The third kappa shape index (κ3) is 2.94. The first-order chi connectivity index (χ1) is 12.7. The van der Waals surface area contributed by atoms with E-state index in [0.717, 1.165) is 18.1 Å². The van der Waals surface area contributed by atoms with Crippen molar-refractivity contribution in [2.75, 3.05) is 34.2 Å². The van der Waals surface area contributed by atoms with Gasteiger partial charge in [-0.25, -0.2) is 0 Å². The molecule has 0 radical (unpaired) electrons. The van der Waals surface area contributed by atoms with E-state index in [9.17, 15) is 4.79 Å². The van der Waals surface area contributed by atoms with Gasteiger partial charge >= 0.3 is 0 Å². The van der Waals surface area contributed by atoms with Crippen molar-refractivity contribution in [3.63, 3.8) is 0 Å². The first-order valence-corrected chi connectivity index (χ1v) is 8.39. The Balaban J connectivity index is 1.57. The Kier molecular flexibility index (Phi) is 4.37. The standard InChI is InChI=1S/C17H20N4O5/c1-20(9-16-19-18-15-3-5-24-6-4-21(15)16)17(22)11-7-13-14(26-10-25-13)8-12(11)23-2/h7-8H,3-6,9-10H2,1-2H3. The Hall–Kier alpha value is -2.81. The number of hydrogen-bond acceptors (Lipinski definition) is 7. The summed E-state index contributed by atoms with van der Waals surface area (Å²) >= 11 is 0. The molecule has 2 aliphatic heterocycles. The zero-order chi connectivity index (χ0) is 18.1. The molecule has 0 atom stereocenters. The van der Waals surface area contributed by atoms with E-state index >= 15 is 0 Å². The van der Waals surface area contributed by atoms with Crippen molar-refractivity contribution in [3.05, 3.63) is 29.3 Å². The largest absolute Gasteiger partial charge is 0.496 e. The molecular weight excluding hydrogens is 340 g/mol. The highest BCUT2D eigenvalue weighted by Gasteiger charge is 2.25. The second-order valence-corrected chi connectivity index (χ2v) is 6.11. The van der Waals surface area contributed by atoms with Crippen LogP contribution in [-0.2, 0) is 24.2 Å². The number of hydrogen-bond donors (Lipinski definition) is 0. The van der Waals surface area contributed by atoms with E-state index in [1.807, 2.05) is 4.57 Å². The summed E-state index contributed by atoms with van der Waals surface area (Å²) in [6.07, 6.45) is 0.723. The smallest absolute Gasteiger partial charge is 0.257 e. The van der Waals surface area contributed by atoms with Gasteiger partial charge in [-0.1, -0.05) is 0 Å². The van der Waals surface area contributed by atoms with Crippen LogP contribution in [-0.4, -0.2) is 59.7 Å². The summed E-state index contributed by atoms with van der Waals surface area (Å²) in [5.41, 5.74) is 0.415. The summed E-state index contributed by atoms with van der Waals surface area (Å²) in [6, 6.07) is 3.32. The summed E-state index contributed by atoms with van der Waals surface area (Å²) < 4.78 is 23.6. The van der Waals surface area contributed by atoms with Crippen LogP contribution >= 0.6 is 0 Å². The number of carbonyl (C=O) groups is 1. The highest BCUT2D eigenvalue weighted by atomic mass is 16.7. The van der Waals surface area contributed by atoms with Gasteiger partial charge in [-0.2, -0.15) is 0 Å². The molecule has 3 heterocycles. The first kappa shape index (κ1) is 16.6. The van der Waals surface area contributed by atoms with Crippen LogP contribution in [0.3, 0.4) is 0 Å². The number of benzene rings is 1. The molecule has 0 saturated heterocycles. The lowest BCUT2D eigenvalue weighted by Crippen LogP contribution is -2.28. The van der Waals surface area contributed by atoms with Crippen LogP contribution in [0.2, 0.25) is 0 Å². The fourth-order valence-electron chi connectivity index (χ4n) is 3.10. The van der Waals surface area contributed by atoms with Crippen molar-refractivity contribution >= 4 is 5.91 Å². The number of carbonyl (C=O) groups excluding carboxylic acids is 1. The Labute approximate surface area is 150 Å². The van der Waals surface area contributed by atoms with Crippen LogP contribution in [0.1, 0.15) is 22.0 Å². The molecule has 1 aromatic heterocycles. The number of methoxy groups -OCH3 is 1. The summed E-state index contributed by atoms with van der Waals surface area (Å²) in [6.45, 7) is 2.42. The van der Waals surface area contributed by atoms with Gasteiger partial charge in [-0.15, -0.1) is 10.2 Å². The van der Waals surface area contributed by atoms with Crippen LogP contribution < -0.4 is 14.2 Å². The Morgan fingerprint density at radius 2 is 2.08 bits per heavy atom. The van der Waals surface area contributed by atoms with Crippen LogP contribution in [0.15, 0.2) is 12.1 Å². The summed E-state index contributed by atoms with van der Waals surface area (Å²) in [7, 11) is 3.24. The Morgan fingerprint density at radius 1 is 1.27 bits per heavy atom. The van der Waals surface area contributed by atoms with Crippen LogP contribution in [0.25, 0.3) is 0 Å². The van der Waals surface area contributed by atoms with Crippen molar-refractivity contribution in [2.24, 2.45) is 0 Å². The molecule has 9 heteroatoms. The van der Waals surface area contributed by atoms with Gasteiger partial charge in [0.25, 0.3) is 5.91 Å². The maximum absolute atomic E-state index is 13.0. The van der Waals surface area contributed by atoms with Crippen LogP contribution in [0.4, 0.5) is 0 Å². The summed E-state index contributed by atoms with van der Waals surface area (Å²) in [5, 5.41) is 8.46.